The number of nitrogens with zero attached hydrogens (tertiary/aromatic N) is 2. The summed E-state index contributed by atoms with van der Waals surface area (Å²) in [7, 11) is -3.24. The van der Waals surface area contributed by atoms with Crippen molar-refractivity contribution in [2.75, 3.05) is 24.6 Å². The predicted molar refractivity (Wildman–Crippen MR) is 150 cm³/mol. The van der Waals surface area contributed by atoms with E-state index < -0.39 is 44.6 Å². The molecule has 1 N–H and O–H groups in total. The second kappa shape index (κ2) is 12.5. The van der Waals surface area contributed by atoms with E-state index in [0.29, 0.717) is 34.2 Å². The number of hydrogen-bond acceptors (Lipinski definition) is 7. The van der Waals surface area contributed by atoms with Crippen molar-refractivity contribution in [1.82, 2.24) is 4.98 Å². The summed E-state index contributed by atoms with van der Waals surface area (Å²) < 4.78 is 86.2. The lowest BCUT2D eigenvalue weighted by molar-refractivity contribution is -0.138. The lowest BCUT2D eigenvalue weighted by Crippen LogP contribution is -2.44. The van der Waals surface area contributed by atoms with Gasteiger partial charge in [-0.1, -0.05) is 29.8 Å². The highest BCUT2D eigenvalue weighted by Crippen LogP contribution is 2.41. The number of rotatable bonds is 10. The average Bonchev–Trinajstić information content (AvgIpc) is 2.94. The van der Waals surface area contributed by atoms with Gasteiger partial charge in [-0.3, -0.25) is 9.10 Å². The van der Waals surface area contributed by atoms with E-state index in [4.69, 9.17) is 30.9 Å². The van der Waals surface area contributed by atoms with Gasteiger partial charge in [-0.2, -0.15) is 13.2 Å². The quantitative estimate of drug-likeness (QED) is 0.266. The van der Waals surface area contributed by atoms with Crippen molar-refractivity contribution >= 4 is 45.4 Å². The number of anilines is 1. The van der Waals surface area contributed by atoms with Crippen molar-refractivity contribution in [3.63, 3.8) is 0 Å². The zero-order valence-corrected chi connectivity index (χ0v) is 24.0. The Morgan fingerprint density at radius 2 is 2.00 bits per heavy atom. The van der Waals surface area contributed by atoms with Gasteiger partial charge in [0.25, 0.3) is 10.0 Å². The van der Waals surface area contributed by atoms with Gasteiger partial charge in [0.2, 0.25) is 5.88 Å². The number of fused-ring (bicyclic) bond motifs is 1. The minimum Gasteiger partial charge on any atom is -0.496 e. The molecule has 1 aromatic heterocycles. The number of carbonyl (C=O) groups is 1. The van der Waals surface area contributed by atoms with Crippen molar-refractivity contribution in [3.8, 4) is 17.4 Å². The Kier molecular flexibility index (Phi) is 9.21. The number of aromatic nitrogens is 1. The number of benzene rings is 2. The minimum absolute atomic E-state index is 0.0368. The molecular formula is C28H26ClF3N2O7S. The Bertz CT molecular complexity index is 1610. The standard InChI is InChI=1S/C28H26ClF3N2O7S/c1-3-40-27-25(14-18(15-33-27)28(30,31)32)42(37,38)34-16-19(9-12-26(35)36)41-24-11-8-17(13-22(24)34)7-10-20-21(29)5-4-6-23(20)39-2/h4-8,10-11,13-15,19H,3,9,12,16H2,1-2H3,(H,35,36)/b10-7+/t19-/m0/s1. The maximum atomic E-state index is 14.0. The molecule has 0 radical (unpaired) electrons. The zero-order chi connectivity index (χ0) is 30.7. The SMILES string of the molecule is CCOc1ncc(C(F)(F)F)cc1S(=O)(=O)N1C[C@H](CCC(=O)O)Oc2ccc(/C=C/c3c(Cl)cccc3OC)cc21. The summed E-state index contributed by atoms with van der Waals surface area (Å²) in [6, 6.07) is 10.2. The Balaban J connectivity index is 1.83. The van der Waals surface area contributed by atoms with Gasteiger partial charge in [-0.05, 0) is 55.3 Å². The van der Waals surface area contributed by atoms with Gasteiger partial charge in [0, 0.05) is 18.2 Å². The number of sulfonamides is 1. The summed E-state index contributed by atoms with van der Waals surface area (Å²) in [5, 5.41) is 9.56. The highest BCUT2D eigenvalue weighted by molar-refractivity contribution is 7.93. The van der Waals surface area contributed by atoms with Gasteiger partial charge in [0.05, 0.1) is 36.5 Å². The van der Waals surface area contributed by atoms with Crippen LogP contribution in [0.4, 0.5) is 18.9 Å². The first kappa shape index (κ1) is 31.0. The van der Waals surface area contributed by atoms with Gasteiger partial charge < -0.3 is 19.3 Å². The summed E-state index contributed by atoms with van der Waals surface area (Å²) >= 11 is 6.32. The third-order valence-electron chi connectivity index (χ3n) is 6.26. The maximum absolute atomic E-state index is 14.0. The maximum Gasteiger partial charge on any atom is 0.417 e. The first-order valence-electron chi connectivity index (χ1n) is 12.6. The number of aliphatic carboxylic acids is 1. The van der Waals surface area contributed by atoms with Crippen molar-refractivity contribution < 1.29 is 45.7 Å². The van der Waals surface area contributed by atoms with Crippen LogP contribution in [0.5, 0.6) is 17.4 Å². The molecule has 0 saturated heterocycles. The number of carboxylic acids is 1. The number of alkyl halides is 3. The molecule has 2 heterocycles. The van der Waals surface area contributed by atoms with Gasteiger partial charge in [0.15, 0.2) is 4.90 Å². The van der Waals surface area contributed by atoms with Crippen LogP contribution in [-0.2, 0) is 21.0 Å². The molecule has 3 aromatic rings. The molecule has 0 unspecified atom stereocenters. The smallest absolute Gasteiger partial charge is 0.417 e. The van der Waals surface area contributed by atoms with Crippen LogP contribution in [0.2, 0.25) is 5.02 Å². The van der Waals surface area contributed by atoms with Crippen LogP contribution < -0.4 is 18.5 Å². The molecule has 0 amide bonds. The fourth-order valence-corrected chi connectivity index (χ4v) is 6.11. The third kappa shape index (κ3) is 6.73. The zero-order valence-electron chi connectivity index (χ0n) is 22.4. The molecule has 42 heavy (non-hydrogen) atoms. The molecule has 0 bridgehead atoms. The van der Waals surface area contributed by atoms with Crippen LogP contribution in [0.15, 0.2) is 53.6 Å². The van der Waals surface area contributed by atoms with Gasteiger partial charge in [-0.15, -0.1) is 0 Å². The second-order valence-corrected chi connectivity index (χ2v) is 11.3. The van der Waals surface area contributed by atoms with E-state index in [9.17, 15) is 26.4 Å². The van der Waals surface area contributed by atoms with Crippen LogP contribution in [0.1, 0.15) is 36.5 Å². The van der Waals surface area contributed by atoms with Crippen molar-refractivity contribution in [2.24, 2.45) is 0 Å². The summed E-state index contributed by atoms with van der Waals surface area (Å²) in [6.07, 6.45) is -2.30. The summed E-state index contributed by atoms with van der Waals surface area (Å²) in [5.74, 6) is -1.01. The minimum atomic E-state index is -4.87. The first-order valence-corrected chi connectivity index (χ1v) is 14.4. The summed E-state index contributed by atoms with van der Waals surface area (Å²) in [6.45, 7) is 1.12. The van der Waals surface area contributed by atoms with Crippen molar-refractivity contribution in [3.05, 3.63) is 70.4 Å². The Labute approximate surface area is 245 Å². The molecular weight excluding hydrogens is 601 g/mol. The van der Waals surface area contributed by atoms with Crippen LogP contribution in [-0.4, -0.2) is 50.8 Å². The molecule has 4 rings (SSSR count). The number of carboxylic acid groups (broad SMARTS) is 1. The molecule has 9 nitrogen and oxygen atoms in total. The van der Waals surface area contributed by atoms with Gasteiger partial charge in [0.1, 0.15) is 17.6 Å². The van der Waals surface area contributed by atoms with E-state index >= 15 is 0 Å². The second-order valence-electron chi connectivity index (χ2n) is 9.08. The monoisotopic (exact) mass is 626 g/mol. The average molecular weight is 627 g/mol. The van der Waals surface area contributed by atoms with E-state index in [1.54, 1.807) is 36.4 Å². The molecule has 1 aliphatic heterocycles. The lowest BCUT2D eigenvalue weighted by Gasteiger charge is -2.35. The number of pyridine rings is 1. The molecule has 0 saturated carbocycles. The van der Waals surface area contributed by atoms with E-state index in [2.05, 4.69) is 4.98 Å². The number of halogens is 4. The fourth-order valence-electron chi connectivity index (χ4n) is 4.27. The number of ether oxygens (including phenoxy) is 3. The van der Waals surface area contributed by atoms with Crippen molar-refractivity contribution in [2.45, 2.75) is 36.9 Å². The topological polar surface area (TPSA) is 115 Å². The highest BCUT2D eigenvalue weighted by atomic mass is 35.5. The normalized spacial score (nSPS) is 15.3. The molecule has 224 valence electrons. The largest absolute Gasteiger partial charge is 0.496 e. The molecule has 1 aliphatic rings. The molecule has 1 atom stereocenters. The Morgan fingerprint density at radius 3 is 2.67 bits per heavy atom. The van der Waals surface area contributed by atoms with Crippen LogP contribution in [0, 0.1) is 0 Å². The molecule has 14 heteroatoms. The molecule has 2 aromatic carbocycles. The molecule has 0 aliphatic carbocycles. The van der Waals surface area contributed by atoms with E-state index in [-0.39, 0.29) is 37.4 Å². The Morgan fingerprint density at radius 1 is 1.24 bits per heavy atom. The highest BCUT2D eigenvalue weighted by Gasteiger charge is 2.39. The van der Waals surface area contributed by atoms with E-state index in [1.165, 1.54) is 26.2 Å². The van der Waals surface area contributed by atoms with Crippen LogP contribution >= 0.6 is 11.6 Å². The summed E-state index contributed by atoms with van der Waals surface area (Å²) in [5.41, 5.74) is -0.151. The fraction of sp³-hybridized carbons (Fsp3) is 0.286. The van der Waals surface area contributed by atoms with Crippen LogP contribution in [0.25, 0.3) is 12.2 Å². The molecule has 0 spiro atoms. The van der Waals surface area contributed by atoms with E-state index in [0.717, 1.165) is 4.31 Å². The van der Waals surface area contributed by atoms with Crippen molar-refractivity contribution in [1.29, 1.82) is 0 Å². The number of hydrogen-bond donors (Lipinski definition) is 1. The number of methoxy groups -OCH3 is 1. The Hall–Kier alpha value is -3.97. The van der Waals surface area contributed by atoms with Gasteiger partial charge in [-0.25, -0.2) is 13.4 Å². The molecule has 0 fully saturated rings. The van der Waals surface area contributed by atoms with E-state index in [1.807, 2.05) is 0 Å². The summed E-state index contributed by atoms with van der Waals surface area (Å²) in [4.78, 5) is 14.1. The van der Waals surface area contributed by atoms with Gasteiger partial charge >= 0.3 is 12.1 Å². The first-order chi connectivity index (χ1) is 19.8. The van der Waals surface area contributed by atoms with Crippen LogP contribution in [0.3, 0.4) is 0 Å². The third-order valence-corrected chi connectivity index (χ3v) is 8.37. The lowest BCUT2D eigenvalue weighted by atomic mass is 10.1. The predicted octanol–water partition coefficient (Wildman–Crippen LogP) is 6.15.